The van der Waals surface area contributed by atoms with Gasteiger partial charge in [0.05, 0.1) is 17.5 Å². The molecule has 3 nitrogen and oxygen atoms in total. The van der Waals surface area contributed by atoms with Crippen LogP contribution < -0.4 is 5.32 Å². The Morgan fingerprint density at radius 1 is 1.53 bits per heavy atom. The summed E-state index contributed by atoms with van der Waals surface area (Å²) >= 11 is 1.62. The topological polar surface area (TPSA) is 38.1 Å². The van der Waals surface area contributed by atoms with Crippen LogP contribution in [0.15, 0.2) is 39.8 Å². The number of hydrogen-bond donors (Lipinski definition) is 1. The maximum absolute atomic E-state index is 5.16. The van der Waals surface area contributed by atoms with E-state index in [-0.39, 0.29) is 0 Å². The van der Waals surface area contributed by atoms with Crippen molar-refractivity contribution < 1.29 is 4.42 Å². The quantitative estimate of drug-likeness (QED) is 0.787. The minimum atomic E-state index is 0.812. The Bertz CT molecular complexity index is 392. The minimum absolute atomic E-state index is 0.812. The number of thiazole rings is 1. The highest BCUT2D eigenvalue weighted by atomic mass is 32.1. The molecule has 1 N–H and O–H groups in total. The van der Waals surface area contributed by atoms with E-state index in [4.69, 9.17) is 4.42 Å². The van der Waals surface area contributed by atoms with Crippen LogP contribution in [0.25, 0.3) is 6.08 Å². The predicted octanol–water partition coefficient (Wildman–Crippen LogP) is 2.54. The van der Waals surface area contributed by atoms with Gasteiger partial charge in [0.15, 0.2) is 0 Å². The van der Waals surface area contributed by atoms with Gasteiger partial charge in [0, 0.05) is 18.5 Å². The van der Waals surface area contributed by atoms with Crippen LogP contribution in [-0.2, 0) is 6.54 Å². The van der Waals surface area contributed by atoms with Crippen molar-refractivity contribution in [3.8, 4) is 0 Å². The third-order valence-electron chi connectivity index (χ3n) is 1.88. The molecule has 0 saturated carbocycles. The number of aromatic nitrogens is 1. The van der Waals surface area contributed by atoms with E-state index in [1.165, 1.54) is 0 Å². The number of nitrogens with one attached hydrogen (secondary N) is 1. The normalized spacial score (nSPS) is 11.2. The van der Waals surface area contributed by atoms with Crippen LogP contribution in [-0.4, -0.2) is 11.5 Å². The summed E-state index contributed by atoms with van der Waals surface area (Å²) in [5.74, 6) is 0.880. The van der Waals surface area contributed by atoms with E-state index in [9.17, 15) is 0 Å². The summed E-state index contributed by atoms with van der Waals surface area (Å²) < 4.78 is 5.16. The molecule has 2 aromatic rings. The van der Waals surface area contributed by atoms with Gasteiger partial charge in [-0.25, -0.2) is 4.98 Å². The molecule has 0 bridgehead atoms. The van der Waals surface area contributed by atoms with Gasteiger partial charge in [-0.2, -0.15) is 0 Å². The van der Waals surface area contributed by atoms with E-state index in [0.717, 1.165) is 24.5 Å². The monoisotopic (exact) mass is 220 g/mol. The fourth-order valence-corrected chi connectivity index (χ4v) is 1.73. The highest BCUT2D eigenvalue weighted by molar-refractivity contribution is 7.07. The number of rotatable bonds is 5. The number of nitrogens with zero attached hydrogens (tertiary/aromatic N) is 1. The second-order valence-electron chi connectivity index (χ2n) is 3.03. The van der Waals surface area contributed by atoms with Gasteiger partial charge in [-0.3, -0.25) is 0 Å². The number of hydrogen-bond acceptors (Lipinski definition) is 4. The third-order valence-corrected chi connectivity index (χ3v) is 2.51. The summed E-state index contributed by atoms with van der Waals surface area (Å²) in [7, 11) is 0. The van der Waals surface area contributed by atoms with Crippen molar-refractivity contribution in [1.29, 1.82) is 0 Å². The van der Waals surface area contributed by atoms with Gasteiger partial charge in [0.1, 0.15) is 5.76 Å². The molecule has 0 unspecified atom stereocenters. The SMILES string of the molecule is C(=C\c1ccco1)/CNCc1cscn1. The summed E-state index contributed by atoms with van der Waals surface area (Å²) in [5, 5.41) is 5.31. The van der Waals surface area contributed by atoms with Gasteiger partial charge >= 0.3 is 0 Å². The molecule has 2 heterocycles. The first-order valence-corrected chi connectivity index (χ1v) is 5.67. The molecular weight excluding hydrogens is 208 g/mol. The fourth-order valence-electron chi connectivity index (χ4n) is 1.17. The number of furan rings is 1. The summed E-state index contributed by atoms with van der Waals surface area (Å²) in [6.07, 6.45) is 5.65. The lowest BCUT2D eigenvalue weighted by atomic mass is 10.4. The third kappa shape index (κ3) is 3.34. The lowest BCUT2D eigenvalue weighted by Gasteiger charge is -1.96. The highest BCUT2D eigenvalue weighted by Gasteiger charge is 1.91. The van der Waals surface area contributed by atoms with Crippen LogP contribution in [0.3, 0.4) is 0 Å². The predicted molar refractivity (Wildman–Crippen MR) is 61.6 cm³/mol. The summed E-state index contributed by atoms with van der Waals surface area (Å²) in [6, 6.07) is 3.80. The zero-order valence-electron chi connectivity index (χ0n) is 8.22. The van der Waals surface area contributed by atoms with E-state index >= 15 is 0 Å². The Morgan fingerprint density at radius 3 is 3.27 bits per heavy atom. The summed E-state index contributed by atoms with van der Waals surface area (Å²) in [5.41, 5.74) is 2.93. The van der Waals surface area contributed by atoms with Crippen LogP contribution in [0.5, 0.6) is 0 Å². The molecule has 2 aromatic heterocycles. The summed E-state index contributed by atoms with van der Waals surface area (Å²) in [6.45, 7) is 1.63. The smallest absolute Gasteiger partial charge is 0.126 e. The lowest BCUT2D eigenvalue weighted by molar-refractivity contribution is 0.556. The van der Waals surface area contributed by atoms with Crippen molar-refractivity contribution in [3.63, 3.8) is 0 Å². The van der Waals surface area contributed by atoms with Gasteiger partial charge < -0.3 is 9.73 Å². The van der Waals surface area contributed by atoms with Crippen molar-refractivity contribution in [1.82, 2.24) is 10.3 Å². The van der Waals surface area contributed by atoms with Gasteiger partial charge in [0.2, 0.25) is 0 Å². The van der Waals surface area contributed by atoms with Crippen LogP contribution in [0, 0.1) is 0 Å². The highest BCUT2D eigenvalue weighted by Crippen LogP contribution is 2.02. The Morgan fingerprint density at radius 2 is 2.53 bits per heavy atom. The molecule has 4 heteroatoms. The zero-order chi connectivity index (χ0) is 10.3. The second kappa shape index (κ2) is 5.48. The van der Waals surface area contributed by atoms with Gasteiger partial charge in [-0.15, -0.1) is 11.3 Å². The Kier molecular flexibility index (Phi) is 3.70. The first-order chi connectivity index (χ1) is 7.45. The molecule has 15 heavy (non-hydrogen) atoms. The van der Waals surface area contributed by atoms with E-state index in [2.05, 4.69) is 10.3 Å². The van der Waals surface area contributed by atoms with Crippen molar-refractivity contribution >= 4 is 17.4 Å². The lowest BCUT2D eigenvalue weighted by Crippen LogP contribution is -2.12. The molecule has 0 aliphatic heterocycles. The Balaban J connectivity index is 1.67. The second-order valence-corrected chi connectivity index (χ2v) is 3.75. The molecule has 2 rings (SSSR count). The molecule has 0 amide bonds. The first kappa shape index (κ1) is 10.1. The summed E-state index contributed by atoms with van der Waals surface area (Å²) in [4.78, 5) is 4.18. The molecular formula is C11H12N2OS. The van der Waals surface area contributed by atoms with Crippen molar-refractivity contribution in [2.24, 2.45) is 0 Å². The average molecular weight is 220 g/mol. The molecule has 0 spiro atoms. The van der Waals surface area contributed by atoms with Gasteiger partial charge in [-0.05, 0) is 18.2 Å². The van der Waals surface area contributed by atoms with E-state index in [1.807, 2.05) is 35.2 Å². The Labute approximate surface area is 92.5 Å². The van der Waals surface area contributed by atoms with Crippen LogP contribution in [0.4, 0.5) is 0 Å². The minimum Gasteiger partial charge on any atom is -0.465 e. The average Bonchev–Trinajstić information content (AvgIpc) is 2.88. The molecule has 0 atom stereocenters. The largest absolute Gasteiger partial charge is 0.465 e. The van der Waals surface area contributed by atoms with E-state index in [1.54, 1.807) is 17.6 Å². The molecule has 78 valence electrons. The Hall–Kier alpha value is -1.39. The maximum atomic E-state index is 5.16. The van der Waals surface area contributed by atoms with Crippen LogP contribution in [0.2, 0.25) is 0 Å². The van der Waals surface area contributed by atoms with Crippen LogP contribution >= 0.6 is 11.3 Å². The maximum Gasteiger partial charge on any atom is 0.126 e. The van der Waals surface area contributed by atoms with Gasteiger partial charge in [-0.1, -0.05) is 6.08 Å². The molecule has 0 radical (unpaired) electrons. The molecule has 0 aliphatic rings. The molecule has 0 aromatic carbocycles. The van der Waals surface area contributed by atoms with Gasteiger partial charge in [0.25, 0.3) is 0 Å². The standard InChI is InChI=1S/C11H12N2OS/c1(3-11-4-2-6-14-11)5-12-7-10-8-15-9-13-10/h1-4,6,8-9,12H,5,7H2/b3-1+. The van der Waals surface area contributed by atoms with Crippen molar-refractivity contribution in [2.75, 3.05) is 6.54 Å². The van der Waals surface area contributed by atoms with Crippen molar-refractivity contribution in [3.05, 3.63) is 46.8 Å². The first-order valence-electron chi connectivity index (χ1n) is 4.73. The van der Waals surface area contributed by atoms with Crippen molar-refractivity contribution in [2.45, 2.75) is 6.54 Å². The molecule has 0 fully saturated rings. The molecule has 0 aliphatic carbocycles. The zero-order valence-corrected chi connectivity index (χ0v) is 9.04. The fraction of sp³-hybridized carbons (Fsp3) is 0.182. The van der Waals surface area contributed by atoms with E-state index in [0.29, 0.717) is 0 Å². The molecule has 0 saturated heterocycles. The van der Waals surface area contributed by atoms with E-state index < -0.39 is 0 Å². The van der Waals surface area contributed by atoms with Crippen LogP contribution in [0.1, 0.15) is 11.5 Å².